The topological polar surface area (TPSA) is 58.3 Å². The zero-order valence-corrected chi connectivity index (χ0v) is 14.9. The third kappa shape index (κ3) is 4.20. The molecule has 2 aromatic rings. The lowest BCUT2D eigenvalue weighted by atomic mass is 10.4. The van der Waals surface area contributed by atoms with E-state index in [1.807, 2.05) is 37.7 Å². The molecule has 0 aliphatic heterocycles. The summed E-state index contributed by atoms with van der Waals surface area (Å²) in [4.78, 5) is 7.92. The number of nitrogens with one attached hydrogen (secondary N) is 1. The first-order valence-corrected chi connectivity index (χ1v) is 8.29. The van der Waals surface area contributed by atoms with E-state index in [-0.39, 0.29) is 0 Å². The van der Waals surface area contributed by atoms with Gasteiger partial charge in [0.1, 0.15) is 12.4 Å². The molecule has 22 heavy (non-hydrogen) atoms. The Morgan fingerprint density at radius 1 is 1.45 bits per heavy atom. The number of aryl methyl sites for hydroxylation is 1. The van der Waals surface area contributed by atoms with Gasteiger partial charge in [0, 0.05) is 25.5 Å². The van der Waals surface area contributed by atoms with E-state index in [4.69, 9.17) is 11.6 Å². The fraction of sp³-hybridized carbons (Fsp3) is 0.500. The highest BCUT2D eigenvalue weighted by molar-refractivity contribution is 7.16. The maximum Gasteiger partial charge on any atom is 0.194 e. The summed E-state index contributed by atoms with van der Waals surface area (Å²) in [6.45, 7) is 6.05. The Kier molecular flexibility index (Phi) is 5.79. The number of hydrogen-bond acceptors (Lipinski definition) is 4. The van der Waals surface area contributed by atoms with Crippen LogP contribution in [0.1, 0.15) is 23.4 Å². The molecule has 2 heterocycles. The molecule has 0 aliphatic rings. The fourth-order valence-corrected chi connectivity index (χ4v) is 3.09. The molecule has 0 spiro atoms. The molecule has 2 aromatic heterocycles. The number of aliphatic imine (C=N–C) groups is 1. The summed E-state index contributed by atoms with van der Waals surface area (Å²) >= 11 is 7.57. The van der Waals surface area contributed by atoms with Crippen molar-refractivity contribution in [2.45, 2.75) is 26.9 Å². The molecule has 1 N–H and O–H groups in total. The van der Waals surface area contributed by atoms with Crippen molar-refractivity contribution in [3.8, 4) is 0 Å². The van der Waals surface area contributed by atoms with Crippen LogP contribution in [0.4, 0.5) is 0 Å². The molecule has 0 aromatic carbocycles. The van der Waals surface area contributed by atoms with Crippen LogP contribution in [-0.2, 0) is 20.1 Å². The summed E-state index contributed by atoms with van der Waals surface area (Å²) in [5, 5.41) is 11.5. The van der Waals surface area contributed by atoms with E-state index in [1.54, 1.807) is 11.3 Å². The van der Waals surface area contributed by atoms with Gasteiger partial charge in [0.2, 0.25) is 0 Å². The summed E-state index contributed by atoms with van der Waals surface area (Å²) in [7, 11) is 3.96. The van der Waals surface area contributed by atoms with Crippen molar-refractivity contribution in [1.29, 1.82) is 0 Å². The highest BCUT2D eigenvalue weighted by atomic mass is 35.5. The molecule has 0 saturated carbocycles. The lowest BCUT2D eigenvalue weighted by molar-refractivity contribution is 0.480. The van der Waals surface area contributed by atoms with Crippen molar-refractivity contribution in [3.63, 3.8) is 0 Å². The van der Waals surface area contributed by atoms with Gasteiger partial charge in [0.15, 0.2) is 11.8 Å². The van der Waals surface area contributed by atoms with Crippen LogP contribution in [-0.4, -0.2) is 39.2 Å². The predicted octanol–water partition coefficient (Wildman–Crippen LogP) is 2.44. The second-order valence-electron chi connectivity index (χ2n) is 4.95. The molecule has 6 nitrogen and oxygen atoms in total. The van der Waals surface area contributed by atoms with Gasteiger partial charge in [-0.05, 0) is 26.0 Å². The van der Waals surface area contributed by atoms with Crippen molar-refractivity contribution >= 4 is 28.9 Å². The van der Waals surface area contributed by atoms with E-state index in [2.05, 4.69) is 32.3 Å². The quantitative estimate of drug-likeness (QED) is 0.671. The molecule has 0 aliphatic carbocycles. The number of rotatable bonds is 5. The van der Waals surface area contributed by atoms with Crippen LogP contribution in [0.15, 0.2) is 17.1 Å². The summed E-state index contributed by atoms with van der Waals surface area (Å²) < 4.78 is 2.76. The minimum atomic E-state index is 0.495. The number of guanidine groups is 1. The first-order chi connectivity index (χ1) is 10.5. The maximum absolute atomic E-state index is 5.98. The third-order valence-corrected chi connectivity index (χ3v) is 4.49. The average molecular weight is 341 g/mol. The van der Waals surface area contributed by atoms with Gasteiger partial charge in [0.05, 0.1) is 10.9 Å². The SMILES string of the molecule is CCNC(=NCc1nnc(C)n1C)N(C)Cc1ccc(Cl)s1. The largest absolute Gasteiger partial charge is 0.357 e. The van der Waals surface area contributed by atoms with Crippen LogP contribution >= 0.6 is 22.9 Å². The van der Waals surface area contributed by atoms with Gasteiger partial charge >= 0.3 is 0 Å². The highest BCUT2D eigenvalue weighted by Gasteiger charge is 2.10. The Bertz CT molecular complexity index is 648. The second kappa shape index (κ2) is 7.60. The maximum atomic E-state index is 5.98. The molecule has 0 radical (unpaired) electrons. The van der Waals surface area contributed by atoms with Gasteiger partial charge in [-0.3, -0.25) is 0 Å². The normalized spacial score (nSPS) is 11.8. The number of hydrogen-bond donors (Lipinski definition) is 1. The molecule has 2 rings (SSSR count). The van der Waals surface area contributed by atoms with Gasteiger partial charge in [0.25, 0.3) is 0 Å². The number of aromatic nitrogens is 3. The standard InChI is InChI=1S/C14H21ClN6S/c1-5-16-14(17-8-13-19-18-10(2)21(13)4)20(3)9-11-6-7-12(15)22-11/h6-7H,5,8-9H2,1-4H3,(H,16,17). The van der Waals surface area contributed by atoms with Crippen molar-refractivity contribution in [3.05, 3.63) is 33.0 Å². The summed E-state index contributed by atoms with van der Waals surface area (Å²) in [5.74, 6) is 2.57. The molecule has 120 valence electrons. The molecule has 0 atom stereocenters. The number of nitrogens with zero attached hydrogens (tertiary/aromatic N) is 5. The van der Waals surface area contributed by atoms with Gasteiger partial charge in [-0.1, -0.05) is 11.6 Å². The molecular formula is C14H21ClN6S. The Balaban J connectivity index is 2.07. The summed E-state index contributed by atoms with van der Waals surface area (Å²) in [6.07, 6.45) is 0. The number of thiophene rings is 1. The first kappa shape index (κ1) is 16.8. The molecule has 8 heteroatoms. The van der Waals surface area contributed by atoms with E-state index in [9.17, 15) is 0 Å². The molecule has 0 fully saturated rings. The Morgan fingerprint density at radius 2 is 2.23 bits per heavy atom. The average Bonchev–Trinajstić information content (AvgIpc) is 3.03. The number of halogens is 1. The fourth-order valence-electron chi connectivity index (χ4n) is 1.95. The Hall–Kier alpha value is -1.60. The van der Waals surface area contributed by atoms with Crippen LogP contribution in [0.25, 0.3) is 0 Å². The van der Waals surface area contributed by atoms with E-state index in [0.29, 0.717) is 6.54 Å². The molecule has 0 bridgehead atoms. The Morgan fingerprint density at radius 3 is 2.77 bits per heavy atom. The van der Waals surface area contributed by atoms with Crippen molar-refractivity contribution in [1.82, 2.24) is 25.0 Å². The molecule has 0 saturated heterocycles. The van der Waals surface area contributed by atoms with Crippen LogP contribution < -0.4 is 5.32 Å². The van der Waals surface area contributed by atoms with E-state index >= 15 is 0 Å². The van der Waals surface area contributed by atoms with Gasteiger partial charge in [-0.25, -0.2) is 4.99 Å². The van der Waals surface area contributed by atoms with Crippen LogP contribution in [0.5, 0.6) is 0 Å². The van der Waals surface area contributed by atoms with Crippen molar-refractivity contribution in [2.75, 3.05) is 13.6 Å². The zero-order chi connectivity index (χ0) is 16.1. The summed E-state index contributed by atoms with van der Waals surface area (Å²) in [5.41, 5.74) is 0. The van der Waals surface area contributed by atoms with Crippen LogP contribution in [0, 0.1) is 6.92 Å². The Labute approximate surface area is 139 Å². The molecule has 0 amide bonds. The molecule has 0 unspecified atom stereocenters. The van der Waals surface area contributed by atoms with E-state index in [0.717, 1.165) is 35.0 Å². The highest BCUT2D eigenvalue weighted by Crippen LogP contribution is 2.22. The lowest BCUT2D eigenvalue weighted by Gasteiger charge is -2.21. The van der Waals surface area contributed by atoms with Crippen LogP contribution in [0.3, 0.4) is 0 Å². The van der Waals surface area contributed by atoms with Crippen molar-refractivity contribution in [2.24, 2.45) is 12.0 Å². The minimum absolute atomic E-state index is 0.495. The van der Waals surface area contributed by atoms with Crippen molar-refractivity contribution < 1.29 is 0 Å². The van der Waals surface area contributed by atoms with E-state index < -0.39 is 0 Å². The molecular weight excluding hydrogens is 320 g/mol. The first-order valence-electron chi connectivity index (χ1n) is 7.09. The van der Waals surface area contributed by atoms with Gasteiger partial charge in [-0.2, -0.15) is 0 Å². The van der Waals surface area contributed by atoms with Crippen LogP contribution in [0.2, 0.25) is 4.34 Å². The lowest BCUT2D eigenvalue weighted by Crippen LogP contribution is -2.38. The predicted molar refractivity (Wildman–Crippen MR) is 91.4 cm³/mol. The van der Waals surface area contributed by atoms with Gasteiger partial charge < -0.3 is 14.8 Å². The monoisotopic (exact) mass is 340 g/mol. The third-order valence-electron chi connectivity index (χ3n) is 3.27. The van der Waals surface area contributed by atoms with E-state index in [1.165, 1.54) is 4.88 Å². The van der Waals surface area contributed by atoms with Gasteiger partial charge in [-0.15, -0.1) is 21.5 Å². The minimum Gasteiger partial charge on any atom is -0.357 e. The zero-order valence-electron chi connectivity index (χ0n) is 13.3. The smallest absolute Gasteiger partial charge is 0.194 e. The second-order valence-corrected chi connectivity index (χ2v) is 6.75. The summed E-state index contributed by atoms with van der Waals surface area (Å²) in [6, 6.07) is 3.96.